The molecule has 1 aliphatic heterocycles. The third kappa shape index (κ3) is 2.05. The van der Waals surface area contributed by atoms with Crippen LogP contribution >= 0.6 is 0 Å². The minimum atomic E-state index is -0.620. The summed E-state index contributed by atoms with van der Waals surface area (Å²) in [5, 5.41) is 9.69. The van der Waals surface area contributed by atoms with E-state index in [1.54, 1.807) is 13.8 Å². The van der Waals surface area contributed by atoms with Gasteiger partial charge in [-0.1, -0.05) is 0 Å². The van der Waals surface area contributed by atoms with Gasteiger partial charge in [0.15, 0.2) is 0 Å². The fourth-order valence-electron chi connectivity index (χ4n) is 2.25. The van der Waals surface area contributed by atoms with Gasteiger partial charge in [0, 0.05) is 24.3 Å². The van der Waals surface area contributed by atoms with Gasteiger partial charge in [-0.05, 0) is 44.4 Å². The molecule has 0 aromatic heterocycles. The molecule has 0 spiro atoms. The van der Waals surface area contributed by atoms with Gasteiger partial charge in [-0.3, -0.25) is 0 Å². The number of rotatable bonds is 2. The summed E-state index contributed by atoms with van der Waals surface area (Å²) in [6.45, 7) is 5.46. The van der Waals surface area contributed by atoms with Gasteiger partial charge in [-0.2, -0.15) is 0 Å². The molecule has 88 valence electrons. The summed E-state index contributed by atoms with van der Waals surface area (Å²) < 4.78 is 13.5. The number of aliphatic hydroxyl groups excluding tert-OH is 1. The fourth-order valence-corrected chi connectivity index (χ4v) is 2.25. The van der Waals surface area contributed by atoms with Crippen LogP contribution in [-0.4, -0.2) is 18.2 Å². The molecule has 1 fully saturated rings. The third-order valence-corrected chi connectivity index (χ3v) is 3.20. The molecule has 0 radical (unpaired) electrons. The Morgan fingerprint density at radius 3 is 2.50 bits per heavy atom. The van der Waals surface area contributed by atoms with E-state index in [0.29, 0.717) is 11.1 Å². The third-order valence-electron chi connectivity index (χ3n) is 3.20. The quantitative estimate of drug-likeness (QED) is 0.833. The van der Waals surface area contributed by atoms with Crippen LogP contribution in [-0.2, 0) is 0 Å². The molecule has 0 amide bonds. The van der Waals surface area contributed by atoms with Gasteiger partial charge in [0.05, 0.1) is 6.10 Å². The second-order valence-electron chi connectivity index (χ2n) is 4.53. The van der Waals surface area contributed by atoms with Crippen molar-refractivity contribution in [3.8, 4) is 0 Å². The van der Waals surface area contributed by atoms with Crippen molar-refractivity contribution in [2.45, 2.75) is 32.8 Å². The number of aryl methyl sites for hydroxylation is 1. The van der Waals surface area contributed by atoms with Crippen LogP contribution in [0.1, 0.15) is 37.0 Å². The first-order valence-electron chi connectivity index (χ1n) is 5.82. The summed E-state index contributed by atoms with van der Waals surface area (Å²) in [5.74, 6) is -0.237. The monoisotopic (exact) mass is 223 g/mol. The Hall–Kier alpha value is -1.09. The Bertz CT molecular complexity index is 384. The van der Waals surface area contributed by atoms with Crippen LogP contribution in [0.4, 0.5) is 10.1 Å². The number of anilines is 1. The van der Waals surface area contributed by atoms with Crippen LogP contribution in [0, 0.1) is 12.7 Å². The summed E-state index contributed by atoms with van der Waals surface area (Å²) in [6, 6.07) is 3.32. The van der Waals surface area contributed by atoms with E-state index in [1.165, 1.54) is 18.9 Å². The molecule has 1 aromatic rings. The molecule has 1 aliphatic rings. The predicted molar refractivity (Wildman–Crippen MR) is 63.2 cm³/mol. The lowest BCUT2D eigenvalue weighted by Gasteiger charge is -2.23. The lowest BCUT2D eigenvalue weighted by Crippen LogP contribution is -2.20. The first kappa shape index (κ1) is 11.4. The molecule has 0 saturated carbocycles. The van der Waals surface area contributed by atoms with E-state index in [2.05, 4.69) is 4.90 Å². The molecule has 3 heteroatoms. The highest BCUT2D eigenvalue weighted by Gasteiger charge is 2.19. The number of benzene rings is 1. The van der Waals surface area contributed by atoms with Gasteiger partial charge < -0.3 is 10.0 Å². The van der Waals surface area contributed by atoms with Crippen molar-refractivity contribution in [1.29, 1.82) is 0 Å². The summed E-state index contributed by atoms with van der Waals surface area (Å²) in [4.78, 5) is 2.23. The summed E-state index contributed by atoms with van der Waals surface area (Å²) in [6.07, 6.45) is 1.73. The van der Waals surface area contributed by atoms with E-state index >= 15 is 0 Å². The van der Waals surface area contributed by atoms with Crippen molar-refractivity contribution < 1.29 is 9.50 Å². The molecule has 0 aliphatic carbocycles. The fraction of sp³-hybridized carbons (Fsp3) is 0.538. The maximum absolute atomic E-state index is 13.5. The lowest BCUT2D eigenvalue weighted by atomic mass is 10.0. The first-order valence-corrected chi connectivity index (χ1v) is 5.82. The number of aliphatic hydroxyl groups is 1. The SMILES string of the molecule is Cc1cc(N2CCCC2)c([C@H](C)O)cc1F. The zero-order chi connectivity index (χ0) is 11.7. The maximum atomic E-state index is 13.5. The molecule has 1 N–H and O–H groups in total. The predicted octanol–water partition coefficient (Wildman–Crippen LogP) is 2.79. The van der Waals surface area contributed by atoms with Crippen molar-refractivity contribution in [3.63, 3.8) is 0 Å². The molecule has 1 atom stereocenters. The van der Waals surface area contributed by atoms with Crippen molar-refractivity contribution in [2.75, 3.05) is 18.0 Å². The van der Waals surface area contributed by atoms with Crippen molar-refractivity contribution >= 4 is 5.69 Å². The molecule has 0 unspecified atom stereocenters. The van der Waals surface area contributed by atoms with Gasteiger partial charge in [0.25, 0.3) is 0 Å². The second kappa shape index (κ2) is 4.42. The zero-order valence-electron chi connectivity index (χ0n) is 9.83. The molecular formula is C13H18FNO. The van der Waals surface area contributed by atoms with Crippen molar-refractivity contribution in [3.05, 3.63) is 29.1 Å². The van der Waals surface area contributed by atoms with Crippen LogP contribution in [0.5, 0.6) is 0 Å². The lowest BCUT2D eigenvalue weighted by molar-refractivity contribution is 0.199. The van der Waals surface area contributed by atoms with E-state index in [9.17, 15) is 9.50 Å². The number of nitrogens with zero attached hydrogens (tertiary/aromatic N) is 1. The second-order valence-corrected chi connectivity index (χ2v) is 4.53. The van der Waals surface area contributed by atoms with Gasteiger partial charge >= 0.3 is 0 Å². The van der Waals surface area contributed by atoms with Crippen molar-refractivity contribution in [1.82, 2.24) is 0 Å². The highest BCUT2D eigenvalue weighted by Crippen LogP contribution is 2.31. The van der Waals surface area contributed by atoms with Crippen LogP contribution in [0.25, 0.3) is 0 Å². The van der Waals surface area contributed by atoms with Crippen LogP contribution < -0.4 is 4.90 Å². The average Bonchev–Trinajstić information content (AvgIpc) is 2.74. The smallest absolute Gasteiger partial charge is 0.126 e. The van der Waals surface area contributed by atoms with Gasteiger partial charge in [-0.25, -0.2) is 4.39 Å². The highest BCUT2D eigenvalue weighted by molar-refractivity contribution is 5.57. The number of hydrogen-bond acceptors (Lipinski definition) is 2. The normalized spacial score (nSPS) is 17.9. The minimum Gasteiger partial charge on any atom is -0.389 e. The van der Waals surface area contributed by atoms with E-state index in [-0.39, 0.29) is 5.82 Å². The van der Waals surface area contributed by atoms with E-state index < -0.39 is 6.10 Å². The Morgan fingerprint density at radius 1 is 1.31 bits per heavy atom. The molecular weight excluding hydrogens is 205 g/mol. The maximum Gasteiger partial charge on any atom is 0.126 e. The van der Waals surface area contributed by atoms with E-state index in [1.807, 2.05) is 6.07 Å². The topological polar surface area (TPSA) is 23.5 Å². The van der Waals surface area contributed by atoms with E-state index in [4.69, 9.17) is 0 Å². The largest absolute Gasteiger partial charge is 0.389 e. The highest BCUT2D eigenvalue weighted by atomic mass is 19.1. The standard InChI is InChI=1S/C13H18FNO/c1-9-7-13(15-5-3-4-6-15)11(10(2)16)8-12(9)14/h7-8,10,16H,3-6H2,1-2H3/t10-/m0/s1. The zero-order valence-corrected chi connectivity index (χ0v) is 9.83. The molecule has 1 aromatic carbocycles. The summed E-state index contributed by atoms with van der Waals surface area (Å²) >= 11 is 0. The number of hydrogen-bond donors (Lipinski definition) is 1. The minimum absolute atomic E-state index is 0.237. The summed E-state index contributed by atoms with van der Waals surface area (Å²) in [7, 11) is 0. The van der Waals surface area contributed by atoms with E-state index in [0.717, 1.165) is 18.8 Å². The van der Waals surface area contributed by atoms with Crippen molar-refractivity contribution in [2.24, 2.45) is 0 Å². The molecule has 2 rings (SSSR count). The van der Waals surface area contributed by atoms with Gasteiger partial charge in [0.1, 0.15) is 5.82 Å². The van der Waals surface area contributed by atoms with Crippen LogP contribution in [0.2, 0.25) is 0 Å². The van der Waals surface area contributed by atoms with Gasteiger partial charge in [0.2, 0.25) is 0 Å². The first-order chi connectivity index (χ1) is 7.59. The summed E-state index contributed by atoms with van der Waals surface area (Å²) in [5.41, 5.74) is 2.34. The molecule has 16 heavy (non-hydrogen) atoms. The Balaban J connectivity index is 2.44. The molecule has 2 nitrogen and oxygen atoms in total. The average molecular weight is 223 g/mol. The van der Waals surface area contributed by atoms with Gasteiger partial charge in [-0.15, -0.1) is 0 Å². The van der Waals surface area contributed by atoms with Crippen LogP contribution in [0.3, 0.4) is 0 Å². The Labute approximate surface area is 95.7 Å². The molecule has 0 bridgehead atoms. The molecule has 1 heterocycles. The Morgan fingerprint density at radius 2 is 1.94 bits per heavy atom. The van der Waals surface area contributed by atoms with Crippen LogP contribution in [0.15, 0.2) is 12.1 Å². The molecule has 1 saturated heterocycles. The number of halogens is 1. The Kier molecular flexibility index (Phi) is 3.15.